The molecule has 3 heteroatoms. The number of hydrogen-bond acceptors (Lipinski definition) is 3. The Morgan fingerprint density at radius 1 is 1.06 bits per heavy atom. The lowest BCUT2D eigenvalue weighted by Gasteiger charge is -2.38. The summed E-state index contributed by atoms with van der Waals surface area (Å²) < 4.78 is 0. The molecule has 0 bridgehead atoms. The number of hydrogen-bond donors (Lipinski definition) is 1. The summed E-state index contributed by atoms with van der Waals surface area (Å²) in [4.78, 5) is 5.15. The maximum atomic E-state index is 6.04. The largest absolute Gasteiger partial charge is 0.330 e. The molecule has 18 heavy (non-hydrogen) atoms. The van der Waals surface area contributed by atoms with Gasteiger partial charge in [-0.2, -0.15) is 0 Å². The van der Waals surface area contributed by atoms with E-state index in [0.717, 1.165) is 24.5 Å². The molecule has 3 atom stereocenters. The molecule has 2 aliphatic rings. The first kappa shape index (κ1) is 14.3. The molecule has 1 heterocycles. The van der Waals surface area contributed by atoms with Gasteiger partial charge in [-0.1, -0.05) is 19.3 Å². The van der Waals surface area contributed by atoms with E-state index in [0.29, 0.717) is 0 Å². The molecule has 0 aromatic carbocycles. The van der Waals surface area contributed by atoms with Crippen molar-refractivity contribution in [3.05, 3.63) is 0 Å². The highest BCUT2D eigenvalue weighted by Crippen LogP contribution is 2.32. The van der Waals surface area contributed by atoms with Crippen molar-refractivity contribution in [3.8, 4) is 0 Å². The van der Waals surface area contributed by atoms with Crippen molar-refractivity contribution in [2.24, 2.45) is 11.7 Å². The van der Waals surface area contributed by atoms with Gasteiger partial charge in [0, 0.05) is 18.6 Å². The van der Waals surface area contributed by atoms with Gasteiger partial charge in [0.05, 0.1) is 0 Å². The molecule has 3 nitrogen and oxygen atoms in total. The van der Waals surface area contributed by atoms with E-state index in [-0.39, 0.29) is 0 Å². The number of likely N-dealkylation sites (tertiary alicyclic amines) is 1. The van der Waals surface area contributed by atoms with E-state index >= 15 is 0 Å². The standard InChI is InChI=1S/C15H31N3/c1-17(2)12-14-8-6-10-18(14)15-9-5-3-4-7-13(15)11-16/h13-15H,3-12,16H2,1-2H3. The van der Waals surface area contributed by atoms with Crippen LogP contribution in [0, 0.1) is 5.92 Å². The summed E-state index contributed by atoms with van der Waals surface area (Å²) in [5.74, 6) is 0.746. The van der Waals surface area contributed by atoms with E-state index in [4.69, 9.17) is 5.73 Å². The highest BCUT2D eigenvalue weighted by molar-refractivity contribution is 4.90. The van der Waals surface area contributed by atoms with Crippen LogP contribution in [0.2, 0.25) is 0 Å². The lowest BCUT2D eigenvalue weighted by molar-refractivity contribution is 0.106. The number of nitrogens with zero attached hydrogens (tertiary/aromatic N) is 2. The third kappa shape index (κ3) is 3.46. The van der Waals surface area contributed by atoms with Gasteiger partial charge in [-0.15, -0.1) is 0 Å². The van der Waals surface area contributed by atoms with Gasteiger partial charge in [-0.25, -0.2) is 0 Å². The van der Waals surface area contributed by atoms with Crippen molar-refractivity contribution in [2.45, 2.75) is 57.0 Å². The van der Waals surface area contributed by atoms with E-state index in [9.17, 15) is 0 Å². The minimum absolute atomic E-state index is 0.746. The highest BCUT2D eigenvalue weighted by Gasteiger charge is 2.35. The van der Waals surface area contributed by atoms with E-state index in [2.05, 4.69) is 23.9 Å². The van der Waals surface area contributed by atoms with Crippen LogP contribution in [-0.4, -0.2) is 55.6 Å². The van der Waals surface area contributed by atoms with Gasteiger partial charge in [-0.05, 0) is 58.8 Å². The molecule has 1 saturated carbocycles. The van der Waals surface area contributed by atoms with Gasteiger partial charge in [-0.3, -0.25) is 4.90 Å². The SMILES string of the molecule is CN(C)CC1CCCN1C1CCCCCC1CN. The van der Waals surface area contributed by atoms with E-state index in [1.807, 2.05) is 0 Å². The van der Waals surface area contributed by atoms with Crippen LogP contribution >= 0.6 is 0 Å². The second-order valence-corrected chi connectivity index (χ2v) is 6.50. The zero-order chi connectivity index (χ0) is 13.0. The maximum Gasteiger partial charge on any atom is 0.0226 e. The molecular formula is C15H31N3. The number of rotatable bonds is 4. The molecule has 0 radical (unpaired) electrons. The average Bonchev–Trinajstić information content (AvgIpc) is 2.64. The van der Waals surface area contributed by atoms with E-state index < -0.39 is 0 Å². The minimum atomic E-state index is 0.746. The Balaban J connectivity index is 2.01. The number of likely N-dealkylation sites (N-methyl/N-ethyl adjacent to an activating group) is 1. The fourth-order valence-corrected chi connectivity index (χ4v) is 3.99. The van der Waals surface area contributed by atoms with E-state index in [1.54, 1.807) is 0 Å². The smallest absolute Gasteiger partial charge is 0.0226 e. The van der Waals surface area contributed by atoms with Crippen LogP contribution in [0.3, 0.4) is 0 Å². The van der Waals surface area contributed by atoms with Crippen LogP contribution in [0.15, 0.2) is 0 Å². The predicted molar refractivity (Wildman–Crippen MR) is 77.7 cm³/mol. The summed E-state index contributed by atoms with van der Waals surface area (Å²) in [5, 5.41) is 0. The van der Waals surface area contributed by atoms with Crippen LogP contribution in [0.1, 0.15) is 44.9 Å². The summed E-state index contributed by atoms with van der Waals surface area (Å²) in [6.45, 7) is 3.41. The summed E-state index contributed by atoms with van der Waals surface area (Å²) in [5.41, 5.74) is 6.04. The van der Waals surface area contributed by atoms with Crippen LogP contribution in [0.25, 0.3) is 0 Å². The summed E-state index contributed by atoms with van der Waals surface area (Å²) in [6.07, 6.45) is 9.71. The fraction of sp³-hybridized carbons (Fsp3) is 1.00. The zero-order valence-corrected chi connectivity index (χ0v) is 12.3. The Morgan fingerprint density at radius 3 is 2.56 bits per heavy atom. The van der Waals surface area contributed by atoms with Gasteiger partial charge in [0.2, 0.25) is 0 Å². The molecule has 3 unspecified atom stereocenters. The van der Waals surface area contributed by atoms with Crippen LogP contribution < -0.4 is 5.73 Å². The number of nitrogens with two attached hydrogens (primary N) is 1. The normalized spacial score (nSPS) is 35.0. The summed E-state index contributed by atoms with van der Waals surface area (Å²) >= 11 is 0. The Hall–Kier alpha value is -0.120. The first-order valence-corrected chi connectivity index (χ1v) is 7.83. The quantitative estimate of drug-likeness (QED) is 0.777. The molecule has 1 saturated heterocycles. The first-order chi connectivity index (χ1) is 8.72. The molecule has 0 amide bonds. The topological polar surface area (TPSA) is 32.5 Å². The Labute approximate surface area is 113 Å². The Bertz CT molecular complexity index is 242. The van der Waals surface area contributed by atoms with Crippen molar-refractivity contribution < 1.29 is 0 Å². The second kappa shape index (κ2) is 6.88. The van der Waals surface area contributed by atoms with Gasteiger partial charge in [0.15, 0.2) is 0 Å². The molecular weight excluding hydrogens is 222 g/mol. The fourth-order valence-electron chi connectivity index (χ4n) is 3.99. The van der Waals surface area contributed by atoms with Crippen molar-refractivity contribution in [1.29, 1.82) is 0 Å². The zero-order valence-electron chi connectivity index (χ0n) is 12.3. The van der Waals surface area contributed by atoms with Crippen LogP contribution in [0.4, 0.5) is 0 Å². The first-order valence-electron chi connectivity index (χ1n) is 7.83. The van der Waals surface area contributed by atoms with Gasteiger partial charge < -0.3 is 10.6 Å². The Morgan fingerprint density at radius 2 is 1.83 bits per heavy atom. The molecule has 0 aromatic rings. The molecule has 0 spiro atoms. The van der Waals surface area contributed by atoms with Crippen LogP contribution in [0.5, 0.6) is 0 Å². The third-order valence-corrected chi connectivity index (χ3v) is 4.85. The average molecular weight is 253 g/mol. The summed E-state index contributed by atoms with van der Waals surface area (Å²) in [7, 11) is 4.40. The molecule has 1 aliphatic heterocycles. The van der Waals surface area contributed by atoms with E-state index in [1.165, 1.54) is 58.0 Å². The van der Waals surface area contributed by atoms with Gasteiger partial charge in [0.1, 0.15) is 0 Å². The molecule has 2 fully saturated rings. The van der Waals surface area contributed by atoms with Gasteiger partial charge >= 0.3 is 0 Å². The van der Waals surface area contributed by atoms with Crippen LogP contribution in [-0.2, 0) is 0 Å². The second-order valence-electron chi connectivity index (χ2n) is 6.50. The van der Waals surface area contributed by atoms with Gasteiger partial charge in [0.25, 0.3) is 0 Å². The maximum absolute atomic E-state index is 6.04. The predicted octanol–water partition coefficient (Wildman–Crippen LogP) is 1.92. The lowest BCUT2D eigenvalue weighted by atomic mass is 9.93. The van der Waals surface area contributed by atoms with Crippen molar-refractivity contribution in [3.63, 3.8) is 0 Å². The molecule has 2 N–H and O–H groups in total. The molecule has 0 aromatic heterocycles. The Kier molecular flexibility index (Phi) is 5.46. The van der Waals surface area contributed by atoms with Crippen molar-refractivity contribution in [1.82, 2.24) is 9.80 Å². The molecule has 2 rings (SSSR count). The van der Waals surface area contributed by atoms with Crippen molar-refractivity contribution >= 4 is 0 Å². The minimum Gasteiger partial charge on any atom is -0.330 e. The highest BCUT2D eigenvalue weighted by atomic mass is 15.2. The lowest BCUT2D eigenvalue weighted by Crippen LogP contribution is -2.48. The third-order valence-electron chi connectivity index (χ3n) is 4.85. The summed E-state index contributed by atoms with van der Waals surface area (Å²) in [6, 6.07) is 1.54. The molecule has 106 valence electrons. The monoisotopic (exact) mass is 253 g/mol. The van der Waals surface area contributed by atoms with Crippen molar-refractivity contribution in [2.75, 3.05) is 33.7 Å². The molecule has 1 aliphatic carbocycles.